The normalized spacial score (nSPS) is 13.1. The quantitative estimate of drug-likeness (QED) is 0.760. The Kier molecular flexibility index (Phi) is 3.02. The summed E-state index contributed by atoms with van der Waals surface area (Å²) in [6.45, 7) is 7.19. The third kappa shape index (κ3) is 1.95. The smallest absolute Gasteiger partial charge is 0.331 e. The van der Waals surface area contributed by atoms with Gasteiger partial charge in [-0.2, -0.15) is 0 Å². The maximum absolute atomic E-state index is 11.5. The van der Waals surface area contributed by atoms with Gasteiger partial charge in [0.15, 0.2) is 0 Å². The highest BCUT2D eigenvalue weighted by Gasteiger charge is 2.17. The molecule has 15 heavy (non-hydrogen) atoms. The Hall–Kier alpha value is -1.52. The van der Waals surface area contributed by atoms with Gasteiger partial charge in [0, 0.05) is 6.04 Å². The van der Waals surface area contributed by atoms with E-state index in [1.54, 1.807) is 0 Å². The average molecular weight is 212 g/mol. The van der Waals surface area contributed by atoms with Gasteiger partial charge in [-0.1, -0.05) is 13.8 Å². The fourth-order valence-corrected chi connectivity index (χ4v) is 1.31. The minimum atomic E-state index is -0.565. The SMILES string of the molecule is Cc1c(O)n(C(C)C(C)C)c(=O)[nH]c1=O. The van der Waals surface area contributed by atoms with Gasteiger partial charge in [0.1, 0.15) is 0 Å². The number of hydrogen-bond donors (Lipinski definition) is 2. The molecule has 2 N–H and O–H groups in total. The molecule has 5 heteroatoms. The number of aromatic hydroxyl groups is 1. The predicted molar refractivity (Wildman–Crippen MR) is 57.3 cm³/mol. The van der Waals surface area contributed by atoms with Gasteiger partial charge in [0.2, 0.25) is 5.88 Å². The summed E-state index contributed by atoms with van der Waals surface area (Å²) in [6.07, 6.45) is 0. The lowest BCUT2D eigenvalue weighted by molar-refractivity contribution is 0.322. The van der Waals surface area contributed by atoms with E-state index in [2.05, 4.69) is 4.98 Å². The van der Waals surface area contributed by atoms with Gasteiger partial charge in [0.25, 0.3) is 5.56 Å². The van der Waals surface area contributed by atoms with E-state index in [1.807, 2.05) is 20.8 Å². The number of nitrogens with zero attached hydrogens (tertiary/aromatic N) is 1. The van der Waals surface area contributed by atoms with Crippen molar-refractivity contribution in [2.75, 3.05) is 0 Å². The minimum absolute atomic E-state index is 0.159. The molecule has 0 aliphatic heterocycles. The summed E-state index contributed by atoms with van der Waals surface area (Å²) in [5.41, 5.74) is -0.934. The van der Waals surface area contributed by atoms with Crippen molar-refractivity contribution in [3.63, 3.8) is 0 Å². The Balaban J connectivity index is 3.50. The second-order valence-corrected chi connectivity index (χ2v) is 4.06. The zero-order chi connectivity index (χ0) is 11.7. The summed E-state index contributed by atoms with van der Waals surface area (Å²) in [4.78, 5) is 24.9. The molecule has 0 fully saturated rings. The summed E-state index contributed by atoms with van der Waals surface area (Å²) in [5, 5.41) is 9.72. The fraction of sp³-hybridized carbons (Fsp3) is 0.600. The summed E-state index contributed by atoms with van der Waals surface area (Å²) < 4.78 is 1.21. The van der Waals surface area contributed by atoms with Crippen molar-refractivity contribution < 1.29 is 5.11 Å². The second-order valence-electron chi connectivity index (χ2n) is 4.06. The van der Waals surface area contributed by atoms with E-state index < -0.39 is 11.2 Å². The van der Waals surface area contributed by atoms with Gasteiger partial charge >= 0.3 is 5.69 Å². The van der Waals surface area contributed by atoms with Gasteiger partial charge in [-0.3, -0.25) is 14.3 Å². The van der Waals surface area contributed by atoms with E-state index in [1.165, 1.54) is 11.5 Å². The molecule has 1 atom stereocenters. The molecule has 0 aliphatic rings. The van der Waals surface area contributed by atoms with Crippen LogP contribution in [0.25, 0.3) is 0 Å². The molecule has 0 aliphatic carbocycles. The predicted octanol–water partition coefficient (Wildman–Crippen LogP) is 0.768. The van der Waals surface area contributed by atoms with Crippen LogP contribution in [0.4, 0.5) is 0 Å². The topological polar surface area (TPSA) is 75.1 Å². The van der Waals surface area contributed by atoms with Gasteiger partial charge in [-0.25, -0.2) is 4.79 Å². The molecule has 5 nitrogen and oxygen atoms in total. The van der Waals surface area contributed by atoms with Gasteiger partial charge in [0.05, 0.1) is 5.56 Å². The van der Waals surface area contributed by atoms with E-state index in [-0.39, 0.29) is 23.4 Å². The third-order valence-corrected chi connectivity index (χ3v) is 2.72. The first kappa shape index (κ1) is 11.6. The second kappa shape index (κ2) is 3.92. The van der Waals surface area contributed by atoms with Crippen molar-refractivity contribution in [3.05, 3.63) is 26.4 Å². The van der Waals surface area contributed by atoms with Crippen molar-refractivity contribution in [2.24, 2.45) is 5.92 Å². The van der Waals surface area contributed by atoms with Crippen molar-refractivity contribution >= 4 is 0 Å². The minimum Gasteiger partial charge on any atom is -0.494 e. The largest absolute Gasteiger partial charge is 0.494 e. The van der Waals surface area contributed by atoms with Crippen LogP contribution in [0.2, 0.25) is 0 Å². The molecule has 1 rings (SSSR count). The van der Waals surface area contributed by atoms with Crippen molar-refractivity contribution in [1.29, 1.82) is 0 Å². The van der Waals surface area contributed by atoms with E-state index in [0.29, 0.717) is 0 Å². The number of nitrogens with one attached hydrogen (secondary N) is 1. The molecule has 1 heterocycles. The Morgan fingerprint density at radius 3 is 2.27 bits per heavy atom. The molecule has 1 aromatic heterocycles. The van der Waals surface area contributed by atoms with Crippen molar-refractivity contribution in [2.45, 2.75) is 33.7 Å². The molecular formula is C10H16N2O3. The fourth-order valence-electron chi connectivity index (χ4n) is 1.31. The van der Waals surface area contributed by atoms with E-state index in [4.69, 9.17) is 0 Å². The Labute approximate surface area is 87.4 Å². The van der Waals surface area contributed by atoms with Crippen LogP contribution in [0, 0.1) is 12.8 Å². The molecule has 0 saturated carbocycles. The molecule has 1 unspecified atom stereocenters. The lowest BCUT2D eigenvalue weighted by Gasteiger charge is -2.20. The Morgan fingerprint density at radius 1 is 1.27 bits per heavy atom. The highest BCUT2D eigenvalue weighted by molar-refractivity contribution is 5.21. The molecule has 1 aromatic rings. The van der Waals surface area contributed by atoms with Crippen LogP contribution >= 0.6 is 0 Å². The highest BCUT2D eigenvalue weighted by atomic mass is 16.3. The van der Waals surface area contributed by atoms with Crippen LogP contribution in [0.1, 0.15) is 32.4 Å². The number of aromatic amines is 1. The number of H-pyrrole nitrogens is 1. The molecular weight excluding hydrogens is 196 g/mol. The molecule has 84 valence electrons. The highest BCUT2D eigenvalue weighted by Crippen LogP contribution is 2.20. The summed E-state index contributed by atoms with van der Waals surface area (Å²) in [5.74, 6) is -0.0520. The lowest BCUT2D eigenvalue weighted by atomic mass is 10.1. The molecule has 0 spiro atoms. The molecule has 0 saturated heterocycles. The standard InChI is InChI=1S/C10H16N2O3/c1-5(2)7(4)12-9(14)6(3)8(13)11-10(12)15/h5,7,14H,1-4H3,(H,11,13,15). The van der Waals surface area contributed by atoms with Crippen LogP contribution in [0.15, 0.2) is 9.59 Å². The number of hydrogen-bond acceptors (Lipinski definition) is 3. The van der Waals surface area contributed by atoms with Crippen molar-refractivity contribution in [1.82, 2.24) is 9.55 Å². The number of rotatable bonds is 2. The van der Waals surface area contributed by atoms with Crippen molar-refractivity contribution in [3.8, 4) is 5.88 Å². The lowest BCUT2D eigenvalue weighted by Crippen LogP contribution is -2.34. The van der Waals surface area contributed by atoms with Crippen LogP contribution in [0.5, 0.6) is 5.88 Å². The molecule has 0 bridgehead atoms. The first-order chi connectivity index (χ1) is 6.86. The van der Waals surface area contributed by atoms with Gasteiger partial charge in [-0.15, -0.1) is 0 Å². The van der Waals surface area contributed by atoms with Crippen LogP contribution < -0.4 is 11.2 Å². The maximum atomic E-state index is 11.5. The summed E-state index contributed by atoms with van der Waals surface area (Å²) >= 11 is 0. The Bertz CT molecular complexity index is 471. The third-order valence-electron chi connectivity index (χ3n) is 2.72. The number of aromatic nitrogens is 2. The van der Waals surface area contributed by atoms with Crippen LogP contribution in [0.3, 0.4) is 0 Å². The molecule has 0 amide bonds. The van der Waals surface area contributed by atoms with Crippen LogP contribution in [-0.4, -0.2) is 14.7 Å². The first-order valence-corrected chi connectivity index (χ1v) is 4.90. The van der Waals surface area contributed by atoms with Gasteiger partial charge in [-0.05, 0) is 19.8 Å². The average Bonchev–Trinajstić information content (AvgIpc) is 2.14. The van der Waals surface area contributed by atoms with E-state index in [9.17, 15) is 14.7 Å². The summed E-state index contributed by atoms with van der Waals surface area (Å²) in [6, 6.07) is -0.159. The summed E-state index contributed by atoms with van der Waals surface area (Å²) in [7, 11) is 0. The molecule has 0 radical (unpaired) electrons. The Morgan fingerprint density at radius 2 is 1.80 bits per heavy atom. The maximum Gasteiger partial charge on any atom is 0.331 e. The first-order valence-electron chi connectivity index (χ1n) is 4.90. The zero-order valence-corrected chi connectivity index (χ0v) is 9.37. The zero-order valence-electron chi connectivity index (χ0n) is 9.37. The van der Waals surface area contributed by atoms with Crippen LogP contribution in [-0.2, 0) is 0 Å². The van der Waals surface area contributed by atoms with E-state index in [0.717, 1.165) is 0 Å². The monoisotopic (exact) mass is 212 g/mol. The van der Waals surface area contributed by atoms with Gasteiger partial charge < -0.3 is 5.11 Å². The molecule has 0 aromatic carbocycles. The van der Waals surface area contributed by atoms with E-state index >= 15 is 0 Å².